The van der Waals surface area contributed by atoms with Gasteiger partial charge in [0.2, 0.25) is 0 Å². The standard InChI is InChI=1S/C8H13N3O/c1-7(6-10-11-9)8-2-4-12-5-3-8/h8H,1-6H2. The highest BCUT2D eigenvalue weighted by Crippen LogP contribution is 2.21. The summed E-state index contributed by atoms with van der Waals surface area (Å²) in [5.74, 6) is 0.490. The lowest BCUT2D eigenvalue weighted by molar-refractivity contribution is 0.0756. The van der Waals surface area contributed by atoms with Crippen molar-refractivity contribution >= 4 is 0 Å². The predicted octanol–water partition coefficient (Wildman–Crippen LogP) is 2.28. The van der Waals surface area contributed by atoms with E-state index < -0.39 is 0 Å². The zero-order valence-electron chi connectivity index (χ0n) is 7.07. The minimum atomic E-state index is 0.432. The van der Waals surface area contributed by atoms with Crippen LogP contribution in [0.15, 0.2) is 17.3 Å². The minimum absolute atomic E-state index is 0.432. The molecule has 1 heterocycles. The largest absolute Gasteiger partial charge is 0.381 e. The first-order valence-corrected chi connectivity index (χ1v) is 4.11. The molecule has 0 N–H and O–H groups in total. The second kappa shape index (κ2) is 4.80. The lowest BCUT2D eigenvalue weighted by Crippen LogP contribution is -2.18. The highest BCUT2D eigenvalue weighted by molar-refractivity contribution is 5.03. The Bertz CT molecular complexity index is 202. The number of rotatable bonds is 3. The van der Waals surface area contributed by atoms with Crippen LogP contribution >= 0.6 is 0 Å². The average Bonchev–Trinajstić information content (AvgIpc) is 2.15. The molecule has 12 heavy (non-hydrogen) atoms. The third kappa shape index (κ3) is 2.57. The molecule has 0 bridgehead atoms. The van der Waals surface area contributed by atoms with E-state index in [-0.39, 0.29) is 0 Å². The summed E-state index contributed by atoms with van der Waals surface area (Å²) in [6.07, 6.45) is 2.03. The van der Waals surface area contributed by atoms with E-state index in [1.807, 2.05) is 0 Å². The van der Waals surface area contributed by atoms with Crippen LogP contribution in [0, 0.1) is 5.92 Å². The van der Waals surface area contributed by atoms with Gasteiger partial charge in [0.25, 0.3) is 0 Å². The number of nitrogens with zero attached hydrogens (tertiary/aromatic N) is 3. The minimum Gasteiger partial charge on any atom is -0.381 e. The van der Waals surface area contributed by atoms with Crippen molar-refractivity contribution in [1.29, 1.82) is 0 Å². The summed E-state index contributed by atoms with van der Waals surface area (Å²) in [6, 6.07) is 0. The van der Waals surface area contributed by atoms with E-state index in [1.165, 1.54) is 0 Å². The van der Waals surface area contributed by atoms with Gasteiger partial charge in [0.15, 0.2) is 0 Å². The summed E-state index contributed by atoms with van der Waals surface area (Å²) < 4.78 is 5.21. The second-order valence-electron chi connectivity index (χ2n) is 2.93. The fourth-order valence-electron chi connectivity index (χ4n) is 1.36. The lowest BCUT2D eigenvalue weighted by Gasteiger charge is -2.22. The molecule has 0 atom stereocenters. The molecule has 1 fully saturated rings. The molecule has 0 saturated carbocycles. The highest BCUT2D eigenvalue weighted by Gasteiger charge is 2.15. The average molecular weight is 167 g/mol. The molecule has 0 aliphatic carbocycles. The SMILES string of the molecule is C=C(CN=[N+]=[N-])C1CCOCC1. The fourth-order valence-corrected chi connectivity index (χ4v) is 1.36. The van der Waals surface area contributed by atoms with E-state index in [2.05, 4.69) is 16.6 Å². The molecule has 0 unspecified atom stereocenters. The van der Waals surface area contributed by atoms with Crippen molar-refractivity contribution < 1.29 is 4.74 Å². The summed E-state index contributed by atoms with van der Waals surface area (Å²) >= 11 is 0. The predicted molar refractivity (Wildman–Crippen MR) is 46.7 cm³/mol. The molecule has 1 aliphatic heterocycles. The Morgan fingerprint density at radius 3 is 2.83 bits per heavy atom. The van der Waals surface area contributed by atoms with E-state index >= 15 is 0 Å². The first kappa shape index (κ1) is 9.10. The molecule has 66 valence electrons. The van der Waals surface area contributed by atoms with E-state index in [0.29, 0.717) is 12.5 Å². The van der Waals surface area contributed by atoms with Crippen LogP contribution in [0.2, 0.25) is 0 Å². The summed E-state index contributed by atoms with van der Waals surface area (Å²) in [5.41, 5.74) is 9.14. The number of hydrogen-bond donors (Lipinski definition) is 0. The first-order chi connectivity index (χ1) is 5.84. The second-order valence-corrected chi connectivity index (χ2v) is 2.93. The summed E-state index contributed by atoms with van der Waals surface area (Å²) in [5, 5.41) is 3.49. The van der Waals surface area contributed by atoms with Crippen LogP contribution in [0.4, 0.5) is 0 Å². The Morgan fingerprint density at radius 1 is 1.58 bits per heavy atom. The monoisotopic (exact) mass is 167 g/mol. The van der Waals surface area contributed by atoms with Gasteiger partial charge in [0, 0.05) is 24.7 Å². The van der Waals surface area contributed by atoms with Crippen LogP contribution < -0.4 is 0 Å². The molecular formula is C8H13N3O. The van der Waals surface area contributed by atoms with Crippen molar-refractivity contribution in [3.8, 4) is 0 Å². The van der Waals surface area contributed by atoms with Gasteiger partial charge >= 0.3 is 0 Å². The normalized spacial score (nSPS) is 18.3. The summed E-state index contributed by atoms with van der Waals surface area (Å²) in [7, 11) is 0. The molecule has 4 nitrogen and oxygen atoms in total. The van der Waals surface area contributed by atoms with Gasteiger partial charge < -0.3 is 4.74 Å². The molecule has 0 amide bonds. The molecular weight excluding hydrogens is 154 g/mol. The van der Waals surface area contributed by atoms with Gasteiger partial charge in [-0.15, -0.1) is 0 Å². The molecule has 4 heteroatoms. The third-order valence-electron chi connectivity index (χ3n) is 2.14. The maximum atomic E-state index is 8.11. The van der Waals surface area contributed by atoms with Crippen LogP contribution in [0.25, 0.3) is 10.4 Å². The quantitative estimate of drug-likeness (QED) is 0.275. The van der Waals surface area contributed by atoms with Crippen LogP contribution in [-0.2, 0) is 4.74 Å². The lowest BCUT2D eigenvalue weighted by atomic mass is 9.93. The summed E-state index contributed by atoms with van der Waals surface area (Å²) in [4.78, 5) is 2.70. The van der Waals surface area contributed by atoms with Crippen LogP contribution in [-0.4, -0.2) is 19.8 Å². The smallest absolute Gasteiger partial charge is 0.0471 e. The van der Waals surface area contributed by atoms with Crippen molar-refractivity contribution in [2.24, 2.45) is 11.0 Å². The summed E-state index contributed by atoms with van der Waals surface area (Å²) in [6.45, 7) is 5.94. The van der Waals surface area contributed by atoms with Crippen molar-refractivity contribution in [2.45, 2.75) is 12.8 Å². The Kier molecular flexibility index (Phi) is 3.64. The molecule has 0 aromatic heterocycles. The Morgan fingerprint density at radius 2 is 2.25 bits per heavy atom. The Hall–Kier alpha value is -0.990. The van der Waals surface area contributed by atoms with Crippen LogP contribution in [0.5, 0.6) is 0 Å². The molecule has 1 saturated heterocycles. The van der Waals surface area contributed by atoms with Gasteiger partial charge in [-0.2, -0.15) is 0 Å². The topological polar surface area (TPSA) is 58.0 Å². The van der Waals surface area contributed by atoms with Gasteiger partial charge in [-0.3, -0.25) is 0 Å². The van der Waals surface area contributed by atoms with Crippen molar-refractivity contribution in [2.75, 3.05) is 19.8 Å². The van der Waals surface area contributed by atoms with Gasteiger partial charge in [0.05, 0.1) is 0 Å². The van der Waals surface area contributed by atoms with Crippen molar-refractivity contribution in [3.63, 3.8) is 0 Å². The first-order valence-electron chi connectivity index (χ1n) is 4.11. The van der Waals surface area contributed by atoms with Crippen LogP contribution in [0.3, 0.4) is 0 Å². The van der Waals surface area contributed by atoms with Crippen LogP contribution in [0.1, 0.15) is 12.8 Å². The molecule has 0 radical (unpaired) electrons. The van der Waals surface area contributed by atoms with Crippen molar-refractivity contribution in [3.05, 3.63) is 22.6 Å². The van der Waals surface area contributed by atoms with Gasteiger partial charge in [-0.25, -0.2) is 0 Å². The Balaban J connectivity index is 2.34. The number of azide groups is 1. The molecule has 1 aliphatic rings. The molecule has 0 aromatic rings. The number of hydrogen-bond acceptors (Lipinski definition) is 2. The highest BCUT2D eigenvalue weighted by atomic mass is 16.5. The van der Waals surface area contributed by atoms with Gasteiger partial charge in [-0.05, 0) is 24.3 Å². The van der Waals surface area contributed by atoms with Gasteiger partial charge in [0.1, 0.15) is 0 Å². The Labute approximate surface area is 71.8 Å². The molecule has 1 rings (SSSR count). The van der Waals surface area contributed by atoms with Crippen molar-refractivity contribution in [1.82, 2.24) is 0 Å². The zero-order chi connectivity index (χ0) is 8.81. The van der Waals surface area contributed by atoms with E-state index in [1.54, 1.807) is 0 Å². The molecule has 0 aromatic carbocycles. The fraction of sp³-hybridized carbons (Fsp3) is 0.750. The third-order valence-corrected chi connectivity index (χ3v) is 2.14. The van der Waals surface area contributed by atoms with E-state index in [0.717, 1.165) is 31.6 Å². The number of ether oxygens (including phenoxy) is 1. The van der Waals surface area contributed by atoms with E-state index in [4.69, 9.17) is 10.3 Å². The van der Waals surface area contributed by atoms with E-state index in [9.17, 15) is 0 Å². The van der Waals surface area contributed by atoms with Gasteiger partial charge in [-0.1, -0.05) is 17.3 Å². The maximum Gasteiger partial charge on any atom is 0.0471 e. The zero-order valence-corrected chi connectivity index (χ0v) is 7.07. The maximum absolute atomic E-state index is 8.11. The molecule has 0 spiro atoms.